The minimum absolute atomic E-state index is 0.184. The fourth-order valence-corrected chi connectivity index (χ4v) is 2.58. The van der Waals surface area contributed by atoms with Crippen molar-refractivity contribution in [3.8, 4) is 23.0 Å². The molecule has 0 spiro atoms. The van der Waals surface area contributed by atoms with Crippen LogP contribution >= 0.6 is 0 Å². The van der Waals surface area contributed by atoms with Crippen molar-refractivity contribution >= 4 is 11.0 Å². The molecule has 2 heterocycles. The summed E-state index contributed by atoms with van der Waals surface area (Å²) in [6.07, 6.45) is 1.69. The number of imidazole rings is 1. The SMILES string of the molecule is Oc1ccc(-n2c(-c3ccccn3)nc3cc(F)ccc32)cc1. The van der Waals surface area contributed by atoms with Gasteiger partial charge in [-0.3, -0.25) is 9.55 Å². The molecular weight excluding hydrogens is 293 g/mol. The van der Waals surface area contributed by atoms with Gasteiger partial charge >= 0.3 is 0 Å². The first kappa shape index (κ1) is 13.5. The van der Waals surface area contributed by atoms with Gasteiger partial charge in [-0.05, 0) is 48.5 Å². The van der Waals surface area contributed by atoms with E-state index in [0.717, 1.165) is 11.2 Å². The van der Waals surface area contributed by atoms with Crippen molar-refractivity contribution in [1.82, 2.24) is 14.5 Å². The first-order chi connectivity index (χ1) is 11.2. The van der Waals surface area contributed by atoms with Crippen LogP contribution in [0, 0.1) is 5.82 Å². The van der Waals surface area contributed by atoms with Crippen molar-refractivity contribution in [1.29, 1.82) is 0 Å². The normalized spacial score (nSPS) is 11.0. The van der Waals surface area contributed by atoms with Crippen LogP contribution in [0.2, 0.25) is 0 Å². The van der Waals surface area contributed by atoms with E-state index >= 15 is 0 Å². The molecule has 1 N–H and O–H groups in total. The van der Waals surface area contributed by atoms with Crippen LogP contribution in [-0.2, 0) is 0 Å². The number of aromatic hydroxyl groups is 1. The lowest BCUT2D eigenvalue weighted by Gasteiger charge is -2.09. The standard InChI is InChI=1S/C18H12FN3O/c19-12-4-9-17-16(11-12)21-18(15-3-1-2-10-20-15)22(17)13-5-7-14(23)8-6-13/h1-11,23H. The van der Waals surface area contributed by atoms with Crippen molar-refractivity contribution in [3.05, 3.63) is 72.7 Å². The van der Waals surface area contributed by atoms with Crippen molar-refractivity contribution in [2.75, 3.05) is 0 Å². The molecule has 0 atom stereocenters. The van der Waals surface area contributed by atoms with E-state index in [4.69, 9.17) is 0 Å². The highest BCUT2D eigenvalue weighted by molar-refractivity contribution is 5.82. The topological polar surface area (TPSA) is 50.9 Å². The number of phenols is 1. The quantitative estimate of drug-likeness (QED) is 0.610. The Morgan fingerprint density at radius 3 is 2.52 bits per heavy atom. The van der Waals surface area contributed by atoms with E-state index < -0.39 is 0 Å². The van der Waals surface area contributed by atoms with Crippen molar-refractivity contribution in [2.45, 2.75) is 0 Å². The zero-order valence-corrected chi connectivity index (χ0v) is 12.0. The molecule has 0 fully saturated rings. The Morgan fingerprint density at radius 1 is 0.957 bits per heavy atom. The van der Waals surface area contributed by atoms with Crippen LogP contribution in [0.3, 0.4) is 0 Å². The Labute approximate surface area is 131 Å². The third kappa shape index (κ3) is 2.32. The van der Waals surface area contributed by atoms with Gasteiger partial charge in [0.2, 0.25) is 0 Å². The number of pyridine rings is 1. The number of hydrogen-bond acceptors (Lipinski definition) is 3. The molecule has 0 saturated carbocycles. The molecule has 2 aromatic heterocycles. The van der Waals surface area contributed by atoms with E-state index in [2.05, 4.69) is 9.97 Å². The van der Waals surface area contributed by atoms with Crippen molar-refractivity contribution in [2.24, 2.45) is 0 Å². The zero-order valence-electron chi connectivity index (χ0n) is 12.0. The Bertz CT molecular complexity index is 979. The van der Waals surface area contributed by atoms with Gasteiger partial charge in [0.05, 0.1) is 11.0 Å². The lowest BCUT2D eigenvalue weighted by atomic mass is 10.2. The minimum Gasteiger partial charge on any atom is -0.508 e. The number of benzene rings is 2. The molecule has 0 saturated heterocycles. The third-order valence-electron chi connectivity index (χ3n) is 3.62. The monoisotopic (exact) mass is 305 g/mol. The van der Waals surface area contributed by atoms with Gasteiger partial charge in [0.25, 0.3) is 0 Å². The van der Waals surface area contributed by atoms with E-state index in [1.165, 1.54) is 12.1 Å². The summed E-state index contributed by atoms with van der Waals surface area (Å²) < 4.78 is 15.4. The smallest absolute Gasteiger partial charge is 0.164 e. The lowest BCUT2D eigenvalue weighted by molar-refractivity contribution is 0.475. The average Bonchev–Trinajstić information content (AvgIpc) is 2.95. The van der Waals surface area contributed by atoms with E-state index in [-0.39, 0.29) is 11.6 Å². The number of rotatable bonds is 2. The molecule has 0 aliphatic carbocycles. The molecule has 0 aliphatic heterocycles. The summed E-state index contributed by atoms with van der Waals surface area (Å²) in [6, 6.07) is 16.8. The summed E-state index contributed by atoms with van der Waals surface area (Å²) in [5.74, 6) is 0.473. The van der Waals surface area contributed by atoms with Crippen LogP contribution in [0.1, 0.15) is 0 Å². The van der Waals surface area contributed by atoms with Crippen molar-refractivity contribution < 1.29 is 9.50 Å². The second-order valence-corrected chi connectivity index (χ2v) is 5.14. The molecular formula is C18H12FN3O. The van der Waals surface area contributed by atoms with Crippen LogP contribution in [0.25, 0.3) is 28.2 Å². The van der Waals surface area contributed by atoms with Gasteiger partial charge in [-0.15, -0.1) is 0 Å². The molecule has 0 unspecified atom stereocenters. The highest BCUT2D eigenvalue weighted by Crippen LogP contribution is 2.28. The first-order valence-electron chi connectivity index (χ1n) is 7.11. The number of aromatic nitrogens is 3. The summed E-state index contributed by atoms with van der Waals surface area (Å²) in [6.45, 7) is 0. The lowest BCUT2D eigenvalue weighted by Crippen LogP contribution is -1.98. The van der Waals surface area contributed by atoms with Gasteiger partial charge in [0.1, 0.15) is 17.3 Å². The predicted octanol–water partition coefficient (Wildman–Crippen LogP) is 3.93. The van der Waals surface area contributed by atoms with Gasteiger partial charge < -0.3 is 5.11 Å². The molecule has 4 rings (SSSR count). The number of phenolic OH excluding ortho intramolecular Hbond substituents is 1. The maximum atomic E-state index is 13.5. The molecule has 112 valence electrons. The molecule has 5 heteroatoms. The Hall–Kier alpha value is -3.21. The molecule has 2 aromatic carbocycles. The predicted molar refractivity (Wildman–Crippen MR) is 85.9 cm³/mol. The van der Waals surface area contributed by atoms with Crippen LogP contribution in [0.4, 0.5) is 4.39 Å². The summed E-state index contributed by atoms with van der Waals surface area (Å²) >= 11 is 0. The van der Waals surface area contributed by atoms with Gasteiger partial charge in [-0.1, -0.05) is 6.07 Å². The summed E-state index contributed by atoms with van der Waals surface area (Å²) in [7, 11) is 0. The largest absolute Gasteiger partial charge is 0.508 e. The maximum absolute atomic E-state index is 13.5. The number of hydrogen-bond donors (Lipinski definition) is 1. The average molecular weight is 305 g/mol. The fourth-order valence-electron chi connectivity index (χ4n) is 2.58. The highest BCUT2D eigenvalue weighted by Gasteiger charge is 2.15. The molecule has 0 amide bonds. The first-order valence-corrected chi connectivity index (χ1v) is 7.11. The van der Waals surface area contributed by atoms with Gasteiger partial charge in [0.15, 0.2) is 5.82 Å². The highest BCUT2D eigenvalue weighted by atomic mass is 19.1. The van der Waals surface area contributed by atoms with Crippen LogP contribution in [-0.4, -0.2) is 19.6 Å². The second-order valence-electron chi connectivity index (χ2n) is 5.14. The Kier molecular flexibility index (Phi) is 3.05. The van der Waals surface area contributed by atoms with Crippen molar-refractivity contribution in [3.63, 3.8) is 0 Å². The van der Waals surface area contributed by atoms with Gasteiger partial charge in [0, 0.05) is 18.0 Å². The molecule has 0 aliphatic rings. The van der Waals surface area contributed by atoms with Crippen LogP contribution in [0.5, 0.6) is 5.75 Å². The minimum atomic E-state index is -0.333. The fraction of sp³-hybridized carbons (Fsp3) is 0. The summed E-state index contributed by atoms with van der Waals surface area (Å²) in [5.41, 5.74) is 2.84. The number of halogens is 1. The van der Waals surface area contributed by atoms with Crippen LogP contribution in [0.15, 0.2) is 66.9 Å². The van der Waals surface area contributed by atoms with Gasteiger partial charge in [-0.25, -0.2) is 9.37 Å². The summed E-state index contributed by atoms with van der Waals surface area (Å²) in [4.78, 5) is 8.88. The van der Waals surface area contributed by atoms with Crippen LogP contribution < -0.4 is 0 Å². The van der Waals surface area contributed by atoms with E-state index in [9.17, 15) is 9.50 Å². The maximum Gasteiger partial charge on any atom is 0.164 e. The third-order valence-corrected chi connectivity index (χ3v) is 3.62. The molecule has 4 nitrogen and oxygen atoms in total. The Morgan fingerprint density at radius 2 is 1.78 bits per heavy atom. The number of nitrogens with zero attached hydrogens (tertiary/aromatic N) is 3. The second kappa shape index (κ2) is 5.21. The van der Waals surface area contributed by atoms with E-state index in [1.54, 1.807) is 36.5 Å². The van der Waals surface area contributed by atoms with E-state index in [1.807, 2.05) is 22.8 Å². The molecule has 0 radical (unpaired) electrons. The van der Waals surface area contributed by atoms with E-state index in [0.29, 0.717) is 17.0 Å². The Balaban J connectivity index is 2.05. The molecule has 4 aromatic rings. The summed E-state index contributed by atoms with van der Waals surface area (Å²) in [5, 5.41) is 9.50. The number of fused-ring (bicyclic) bond motifs is 1. The van der Waals surface area contributed by atoms with Gasteiger partial charge in [-0.2, -0.15) is 0 Å². The zero-order chi connectivity index (χ0) is 15.8. The molecule has 0 bridgehead atoms. The molecule has 23 heavy (non-hydrogen) atoms.